The molecule has 3 heterocycles. The molecule has 0 unspecified atom stereocenters. The first-order valence-corrected chi connectivity index (χ1v) is 9.42. The lowest BCUT2D eigenvalue weighted by molar-refractivity contribution is 0.209. The van der Waals surface area contributed by atoms with E-state index in [0.29, 0.717) is 10.2 Å². The maximum Gasteiger partial charge on any atom is 0.162 e. The number of nitrogens with one attached hydrogen (secondary N) is 1. The van der Waals surface area contributed by atoms with Crippen molar-refractivity contribution in [1.29, 1.82) is 5.26 Å². The zero-order valence-corrected chi connectivity index (χ0v) is 15.6. The summed E-state index contributed by atoms with van der Waals surface area (Å²) in [5, 5.41) is 10.3. The van der Waals surface area contributed by atoms with Crippen LogP contribution in [0.15, 0.2) is 30.6 Å². The Kier molecular flexibility index (Phi) is 3.74. The van der Waals surface area contributed by atoms with Crippen LogP contribution in [0.1, 0.15) is 29.5 Å². The van der Waals surface area contributed by atoms with E-state index in [2.05, 4.69) is 9.97 Å². The molecule has 2 aromatic heterocycles. The molecule has 8 heteroatoms. The number of hydrogen-bond donors (Lipinski definition) is 1. The van der Waals surface area contributed by atoms with E-state index in [4.69, 9.17) is 23.8 Å². The lowest BCUT2D eigenvalue weighted by Crippen LogP contribution is -2.39. The number of piperidine rings is 1. The van der Waals surface area contributed by atoms with Crippen molar-refractivity contribution in [2.75, 3.05) is 18.4 Å². The van der Waals surface area contributed by atoms with Crippen LogP contribution in [0, 0.1) is 17.1 Å². The van der Waals surface area contributed by atoms with E-state index in [9.17, 15) is 4.39 Å². The van der Waals surface area contributed by atoms with Crippen molar-refractivity contribution < 1.29 is 11.3 Å². The van der Waals surface area contributed by atoms with Crippen molar-refractivity contribution in [3.05, 3.63) is 51.8 Å². The largest absolute Gasteiger partial charge is 0.367 e. The van der Waals surface area contributed by atoms with Crippen LogP contribution in [-0.2, 0) is 6.50 Å². The third kappa shape index (κ3) is 4.03. The first-order chi connectivity index (χ1) is 15.1. The number of halogens is 2. The van der Waals surface area contributed by atoms with E-state index in [0.717, 1.165) is 22.7 Å². The van der Waals surface area contributed by atoms with Gasteiger partial charge in [-0.1, -0.05) is 11.6 Å². The average Bonchev–Trinajstić information content (AvgIpc) is 3.07. The Morgan fingerprint density at radius 3 is 3.11 bits per heavy atom. The molecule has 1 aliphatic heterocycles. The van der Waals surface area contributed by atoms with Crippen LogP contribution in [0.2, 0.25) is 5.75 Å². The Bertz CT molecular complexity index is 1220. The van der Waals surface area contributed by atoms with Gasteiger partial charge < -0.3 is 5.31 Å². The van der Waals surface area contributed by atoms with Gasteiger partial charge in [-0.2, -0.15) is 5.26 Å². The van der Waals surface area contributed by atoms with E-state index < -0.39 is 18.3 Å². The lowest BCUT2D eigenvalue weighted by Gasteiger charge is -2.32. The van der Waals surface area contributed by atoms with Gasteiger partial charge >= 0.3 is 0 Å². The number of benzene rings is 1. The molecule has 3 aromatic rings. The monoisotopic (exact) mass is 406 g/mol. The Balaban J connectivity index is 1.59. The number of hydrogen-bond acceptors (Lipinski definition) is 6. The Hall–Kier alpha value is -2.27. The van der Waals surface area contributed by atoms with Gasteiger partial charge in [-0.3, -0.25) is 4.90 Å². The quantitative estimate of drug-likeness (QED) is 0.694. The third-order valence-electron chi connectivity index (χ3n) is 4.18. The molecule has 0 aliphatic carbocycles. The zero-order valence-electron chi connectivity index (χ0n) is 19.0. The number of nitrogens with zero attached hydrogens (tertiary/aromatic N) is 4. The van der Waals surface area contributed by atoms with Gasteiger partial charge in [0.25, 0.3) is 0 Å². The topological polar surface area (TPSA) is 64.8 Å². The first-order valence-electron chi connectivity index (χ1n) is 10.7. The number of likely N-dealkylation sites (tertiary alicyclic amines) is 1. The van der Waals surface area contributed by atoms with Crippen molar-refractivity contribution in [2.24, 2.45) is 0 Å². The van der Waals surface area contributed by atoms with Gasteiger partial charge in [0, 0.05) is 33.9 Å². The molecule has 0 spiro atoms. The molecule has 0 atom stereocenters. The van der Waals surface area contributed by atoms with E-state index in [1.165, 1.54) is 23.4 Å². The molecule has 0 radical (unpaired) electrons. The molecule has 0 bridgehead atoms. The van der Waals surface area contributed by atoms with Crippen molar-refractivity contribution in [3.8, 4) is 6.07 Å². The van der Waals surface area contributed by atoms with E-state index in [1.807, 2.05) is 6.07 Å². The van der Waals surface area contributed by atoms with E-state index >= 15 is 0 Å². The second-order valence-electron chi connectivity index (χ2n) is 5.96. The molecule has 1 aromatic carbocycles. The molecule has 1 fully saturated rings. The molecule has 0 saturated carbocycles. The molecular weight excluding hydrogens is 385 g/mol. The summed E-state index contributed by atoms with van der Waals surface area (Å²) in [5.74, 6) is -0.651. The van der Waals surface area contributed by atoms with Crippen molar-refractivity contribution in [2.45, 2.75) is 25.4 Å². The maximum absolute atomic E-state index is 14.4. The fraction of sp³-hybridized carbons (Fsp3) is 0.316. The number of fused-ring (bicyclic) bond motifs is 1. The van der Waals surface area contributed by atoms with E-state index in [1.54, 1.807) is 0 Å². The van der Waals surface area contributed by atoms with Gasteiger partial charge in [-0.15, -0.1) is 11.3 Å². The van der Waals surface area contributed by atoms with Crippen molar-refractivity contribution in [3.63, 3.8) is 0 Å². The van der Waals surface area contributed by atoms with Gasteiger partial charge in [0.2, 0.25) is 0 Å². The predicted octanol–water partition coefficient (Wildman–Crippen LogP) is 4.43. The Morgan fingerprint density at radius 2 is 2.33 bits per heavy atom. The van der Waals surface area contributed by atoms with Crippen LogP contribution in [0.4, 0.5) is 10.2 Å². The van der Waals surface area contributed by atoms with Crippen molar-refractivity contribution in [1.82, 2.24) is 14.9 Å². The van der Waals surface area contributed by atoms with Crippen LogP contribution >= 0.6 is 22.9 Å². The minimum atomic E-state index is -2.19. The van der Waals surface area contributed by atoms with Gasteiger partial charge in [0.1, 0.15) is 22.8 Å². The fourth-order valence-corrected chi connectivity index (χ4v) is 3.81. The lowest BCUT2D eigenvalue weighted by atomic mass is 10.0. The normalized spacial score (nSPS) is 20.1. The van der Waals surface area contributed by atoms with Gasteiger partial charge in [-0.05, 0) is 37.1 Å². The number of aromatic nitrogens is 2. The summed E-state index contributed by atoms with van der Waals surface area (Å²) in [7, 11) is 0. The summed E-state index contributed by atoms with van der Waals surface area (Å²) in [6.07, 6.45) is 1.41. The zero-order chi connectivity index (χ0) is 23.3. The number of rotatable bonds is 4. The minimum Gasteiger partial charge on any atom is -0.367 e. The smallest absolute Gasteiger partial charge is 0.162 e. The molecule has 138 valence electrons. The SMILES string of the molecule is [2H]c1c(Cl)sc2ncnc(N([2H])C3([2H])CCN(C([2H])([2H])c4cc(C#N)ccc4F)CC3)c12. The summed E-state index contributed by atoms with van der Waals surface area (Å²) in [5.41, 5.74) is -0.0797. The minimum absolute atomic E-state index is 0.00438. The highest BCUT2D eigenvalue weighted by Gasteiger charge is 2.21. The highest BCUT2D eigenvalue weighted by atomic mass is 35.5. The average molecular weight is 407 g/mol. The van der Waals surface area contributed by atoms with Gasteiger partial charge in [0.05, 0.1) is 24.1 Å². The second-order valence-corrected chi connectivity index (χ2v) is 7.56. The van der Waals surface area contributed by atoms with Gasteiger partial charge in [0.15, 0.2) is 1.41 Å². The summed E-state index contributed by atoms with van der Waals surface area (Å²) >= 11 is 7.15. The molecule has 5 nitrogen and oxygen atoms in total. The highest BCUT2D eigenvalue weighted by Crippen LogP contribution is 2.32. The standard InChI is InChI=1S/C19H17ClFN5S/c20-17-8-15-18(23-11-24-19(15)27-17)25-14-3-5-26(6-4-14)10-13-7-12(9-22)1-2-16(13)21/h1-2,7-8,11,14H,3-6,10H2,(H,23,24,25)/i8D,10D2,14D/hD. The molecule has 0 amide bonds. The van der Waals surface area contributed by atoms with Gasteiger partial charge in [-0.25, -0.2) is 14.4 Å². The number of nitriles is 1. The Labute approximate surface area is 172 Å². The molecule has 1 N–H and O–H groups in total. The van der Waals surface area contributed by atoms with Crippen LogP contribution < -0.4 is 5.31 Å². The van der Waals surface area contributed by atoms with Crippen LogP contribution in [0.5, 0.6) is 0 Å². The predicted molar refractivity (Wildman–Crippen MR) is 105 cm³/mol. The fourth-order valence-electron chi connectivity index (χ4n) is 2.83. The molecule has 1 saturated heterocycles. The molecular formula is C19H17ClFN5S. The van der Waals surface area contributed by atoms with Crippen LogP contribution in [-0.4, -0.2) is 34.0 Å². The van der Waals surface area contributed by atoms with Crippen LogP contribution in [0.25, 0.3) is 10.2 Å². The number of anilines is 1. The van der Waals surface area contributed by atoms with Crippen molar-refractivity contribution >= 4 is 39.0 Å². The summed E-state index contributed by atoms with van der Waals surface area (Å²) in [6.45, 7) is -2.04. The molecule has 4 rings (SSSR count). The summed E-state index contributed by atoms with van der Waals surface area (Å²) in [4.78, 5) is 10.1. The highest BCUT2D eigenvalue weighted by molar-refractivity contribution is 7.22. The second kappa shape index (κ2) is 7.77. The maximum atomic E-state index is 14.4. The van der Waals surface area contributed by atoms with E-state index in [-0.39, 0.29) is 53.3 Å². The van der Waals surface area contributed by atoms with Crippen LogP contribution in [0.3, 0.4) is 0 Å². The first kappa shape index (κ1) is 13.0. The molecule has 27 heavy (non-hydrogen) atoms. The summed E-state index contributed by atoms with van der Waals surface area (Å²) < 4.78 is 57.1. The third-order valence-corrected chi connectivity index (χ3v) is 5.29. The summed E-state index contributed by atoms with van der Waals surface area (Å²) in [6, 6.07) is 4.01. The Morgan fingerprint density at radius 1 is 1.52 bits per heavy atom. The molecule has 1 aliphatic rings. The number of thiophene rings is 1.